The summed E-state index contributed by atoms with van der Waals surface area (Å²) in [5.41, 5.74) is -2.35. The molecule has 1 aromatic heterocycles. The number of hydrogen-bond acceptors (Lipinski definition) is 5. The molecule has 1 amide bonds. The van der Waals surface area contributed by atoms with Crippen molar-refractivity contribution in [3.8, 4) is 5.69 Å². The van der Waals surface area contributed by atoms with Gasteiger partial charge in [0.2, 0.25) is 15.5 Å². The number of aryl methyl sites for hydroxylation is 1. The zero-order chi connectivity index (χ0) is 24.4. The molecule has 0 radical (unpaired) electrons. The Morgan fingerprint density at radius 3 is 2.45 bits per heavy atom. The molecule has 1 aromatic carbocycles. The van der Waals surface area contributed by atoms with Crippen molar-refractivity contribution in [3.05, 3.63) is 57.5 Å². The van der Waals surface area contributed by atoms with E-state index in [1.807, 2.05) is 0 Å². The number of nitrogens with zero attached hydrogens (tertiary/aromatic N) is 3. The van der Waals surface area contributed by atoms with Crippen LogP contribution in [0.1, 0.15) is 47.9 Å². The van der Waals surface area contributed by atoms with Gasteiger partial charge in [-0.1, -0.05) is 19.1 Å². The standard InChI is InChI=1S/C21H25F3N4O4S/c1-3-12-33(31,32)27-10-8-15(9-11-27)25-20(30)19-18(29)13-14(2)28(26-19)17-7-5-4-6-16(17)21(22,23)24/h4-7,13,15H,3,8-12H2,1-2H3,(H,25,30). The fourth-order valence-electron chi connectivity index (χ4n) is 3.77. The van der Waals surface area contributed by atoms with Crippen LogP contribution in [0.3, 0.4) is 0 Å². The summed E-state index contributed by atoms with van der Waals surface area (Å²) in [6, 6.07) is 5.43. The monoisotopic (exact) mass is 486 g/mol. The molecule has 0 spiro atoms. The van der Waals surface area contributed by atoms with Crippen LogP contribution in [-0.4, -0.2) is 53.3 Å². The van der Waals surface area contributed by atoms with E-state index < -0.39 is 38.8 Å². The van der Waals surface area contributed by atoms with Crippen LogP contribution in [0.2, 0.25) is 0 Å². The zero-order valence-corrected chi connectivity index (χ0v) is 19.0. The number of piperidine rings is 1. The molecule has 1 saturated heterocycles. The Hall–Kier alpha value is -2.73. The van der Waals surface area contributed by atoms with Gasteiger partial charge in [-0.2, -0.15) is 18.3 Å². The molecule has 1 aliphatic heterocycles. The van der Waals surface area contributed by atoms with Crippen molar-refractivity contribution in [1.82, 2.24) is 19.4 Å². The molecule has 1 fully saturated rings. The van der Waals surface area contributed by atoms with E-state index >= 15 is 0 Å². The van der Waals surface area contributed by atoms with Crippen molar-refractivity contribution in [1.29, 1.82) is 0 Å². The maximum absolute atomic E-state index is 13.4. The molecule has 0 bridgehead atoms. The Labute approximate surface area is 189 Å². The second kappa shape index (κ2) is 9.64. The van der Waals surface area contributed by atoms with Crippen LogP contribution in [-0.2, 0) is 16.2 Å². The van der Waals surface area contributed by atoms with E-state index in [1.54, 1.807) is 6.92 Å². The smallest absolute Gasteiger partial charge is 0.348 e. The Bertz CT molecular complexity index is 1190. The average Bonchev–Trinajstić information content (AvgIpc) is 2.73. The summed E-state index contributed by atoms with van der Waals surface area (Å²) in [6.07, 6.45) is -3.44. The second-order valence-corrected chi connectivity index (χ2v) is 9.98. The van der Waals surface area contributed by atoms with Crippen LogP contribution in [0.15, 0.2) is 35.1 Å². The van der Waals surface area contributed by atoms with Crippen molar-refractivity contribution < 1.29 is 26.4 Å². The van der Waals surface area contributed by atoms with Crippen molar-refractivity contribution in [2.24, 2.45) is 0 Å². The fourth-order valence-corrected chi connectivity index (χ4v) is 5.31. The molecular weight excluding hydrogens is 461 g/mol. The van der Waals surface area contributed by atoms with E-state index in [4.69, 9.17) is 0 Å². The third-order valence-electron chi connectivity index (χ3n) is 5.40. The number of carbonyl (C=O) groups excluding carboxylic acids is 1. The molecule has 0 unspecified atom stereocenters. The minimum Gasteiger partial charge on any atom is -0.348 e. The number of sulfonamides is 1. The number of amides is 1. The molecule has 2 aromatic rings. The lowest BCUT2D eigenvalue weighted by molar-refractivity contribution is -0.137. The lowest BCUT2D eigenvalue weighted by Crippen LogP contribution is -2.47. The number of nitrogens with one attached hydrogen (secondary N) is 1. The molecule has 3 rings (SSSR count). The van der Waals surface area contributed by atoms with Crippen LogP contribution in [0.4, 0.5) is 13.2 Å². The number of hydrogen-bond donors (Lipinski definition) is 1. The number of para-hydroxylation sites is 1. The Balaban J connectivity index is 1.82. The van der Waals surface area contributed by atoms with E-state index in [2.05, 4.69) is 10.4 Å². The molecule has 0 atom stereocenters. The van der Waals surface area contributed by atoms with Gasteiger partial charge in [0.25, 0.3) is 5.91 Å². The SMILES string of the molecule is CCCS(=O)(=O)N1CCC(NC(=O)c2nn(-c3ccccc3C(F)(F)F)c(C)cc2=O)CC1. The summed E-state index contributed by atoms with van der Waals surface area (Å²) in [4.78, 5) is 25.1. The van der Waals surface area contributed by atoms with E-state index in [-0.39, 0.29) is 36.3 Å². The molecule has 2 heterocycles. The predicted octanol–water partition coefficient (Wildman–Crippen LogP) is 2.49. The number of aromatic nitrogens is 2. The first-order valence-electron chi connectivity index (χ1n) is 10.5. The molecule has 0 saturated carbocycles. The molecule has 12 heteroatoms. The van der Waals surface area contributed by atoms with Gasteiger partial charge in [0, 0.05) is 30.9 Å². The maximum atomic E-state index is 13.4. The number of halogens is 3. The Morgan fingerprint density at radius 1 is 1.21 bits per heavy atom. The third-order valence-corrected chi connectivity index (χ3v) is 7.48. The van der Waals surface area contributed by atoms with Crippen LogP contribution in [0.5, 0.6) is 0 Å². The molecule has 8 nitrogen and oxygen atoms in total. The summed E-state index contributed by atoms with van der Waals surface area (Å²) in [6.45, 7) is 3.67. The molecule has 1 N–H and O–H groups in total. The third kappa shape index (κ3) is 5.61. The van der Waals surface area contributed by atoms with Crippen molar-refractivity contribution in [3.63, 3.8) is 0 Å². The van der Waals surface area contributed by atoms with Crippen molar-refractivity contribution in [2.45, 2.75) is 45.3 Å². The average molecular weight is 487 g/mol. The molecule has 180 valence electrons. The Morgan fingerprint density at radius 2 is 1.85 bits per heavy atom. The summed E-state index contributed by atoms with van der Waals surface area (Å²) < 4.78 is 67.0. The molecule has 33 heavy (non-hydrogen) atoms. The lowest BCUT2D eigenvalue weighted by Gasteiger charge is -2.31. The minimum atomic E-state index is -4.65. The second-order valence-electron chi connectivity index (χ2n) is 7.89. The highest BCUT2D eigenvalue weighted by molar-refractivity contribution is 7.89. The van der Waals surface area contributed by atoms with E-state index in [0.717, 1.165) is 16.8 Å². The molecule has 1 aliphatic rings. The summed E-state index contributed by atoms with van der Waals surface area (Å²) in [5, 5.41) is 6.61. The minimum absolute atomic E-state index is 0.0518. The first kappa shape index (κ1) is 24.9. The summed E-state index contributed by atoms with van der Waals surface area (Å²) in [5.74, 6) is -0.760. The highest BCUT2D eigenvalue weighted by atomic mass is 32.2. The number of carbonyl (C=O) groups is 1. The van der Waals surface area contributed by atoms with Crippen LogP contribution < -0.4 is 10.7 Å². The van der Waals surface area contributed by atoms with Gasteiger partial charge in [-0.15, -0.1) is 0 Å². The van der Waals surface area contributed by atoms with Crippen molar-refractivity contribution >= 4 is 15.9 Å². The summed E-state index contributed by atoms with van der Waals surface area (Å²) >= 11 is 0. The van der Waals surface area contributed by atoms with Crippen LogP contribution in [0.25, 0.3) is 5.69 Å². The molecular formula is C21H25F3N4O4S. The quantitative estimate of drug-likeness (QED) is 0.676. The van der Waals surface area contributed by atoms with Gasteiger partial charge in [-0.05, 0) is 38.3 Å². The van der Waals surface area contributed by atoms with Crippen LogP contribution >= 0.6 is 0 Å². The van der Waals surface area contributed by atoms with Gasteiger partial charge >= 0.3 is 6.18 Å². The van der Waals surface area contributed by atoms with Gasteiger partial charge in [0.05, 0.1) is 17.0 Å². The van der Waals surface area contributed by atoms with E-state index in [0.29, 0.717) is 19.3 Å². The van der Waals surface area contributed by atoms with Gasteiger partial charge < -0.3 is 5.32 Å². The first-order chi connectivity index (χ1) is 15.4. The van der Waals surface area contributed by atoms with Crippen molar-refractivity contribution in [2.75, 3.05) is 18.8 Å². The highest BCUT2D eigenvalue weighted by Crippen LogP contribution is 2.33. The maximum Gasteiger partial charge on any atom is 0.418 e. The Kier molecular flexibility index (Phi) is 7.27. The zero-order valence-electron chi connectivity index (χ0n) is 18.2. The van der Waals surface area contributed by atoms with Gasteiger partial charge in [0.1, 0.15) is 0 Å². The topological polar surface area (TPSA) is 101 Å². The number of rotatable bonds is 6. The largest absolute Gasteiger partial charge is 0.418 e. The van der Waals surface area contributed by atoms with Gasteiger partial charge in [-0.25, -0.2) is 17.4 Å². The molecule has 0 aliphatic carbocycles. The summed E-state index contributed by atoms with van der Waals surface area (Å²) in [7, 11) is -3.34. The van der Waals surface area contributed by atoms with E-state index in [1.165, 1.54) is 29.4 Å². The lowest BCUT2D eigenvalue weighted by atomic mass is 10.1. The highest BCUT2D eigenvalue weighted by Gasteiger charge is 2.34. The first-order valence-corrected chi connectivity index (χ1v) is 12.1. The number of alkyl halides is 3. The van der Waals surface area contributed by atoms with Gasteiger partial charge in [0.15, 0.2) is 5.69 Å². The van der Waals surface area contributed by atoms with E-state index in [9.17, 15) is 31.2 Å². The fraction of sp³-hybridized carbons (Fsp3) is 0.476. The number of benzene rings is 1. The van der Waals surface area contributed by atoms with Crippen LogP contribution in [0, 0.1) is 6.92 Å². The normalized spacial score (nSPS) is 16.0. The van der Waals surface area contributed by atoms with Gasteiger partial charge in [-0.3, -0.25) is 9.59 Å². The predicted molar refractivity (Wildman–Crippen MR) is 116 cm³/mol.